The molecule has 1 atom stereocenters. The number of esters is 1. The highest BCUT2D eigenvalue weighted by atomic mass is 16.6. The van der Waals surface area contributed by atoms with Crippen molar-refractivity contribution in [3.63, 3.8) is 0 Å². The van der Waals surface area contributed by atoms with Crippen molar-refractivity contribution >= 4 is 11.9 Å². The molecule has 80 valence electrons. The molecule has 4 nitrogen and oxygen atoms in total. The van der Waals surface area contributed by atoms with Crippen LogP contribution in [0.15, 0.2) is 0 Å². The number of hydrogen-bond donors (Lipinski definition) is 1. The standard InChI is InChI=1S/C10H16O4/c1-7(11)14-9(10(12)13)6-8-4-2-3-5-8/h8-9H,2-6H2,1H3,(H,12,13). The summed E-state index contributed by atoms with van der Waals surface area (Å²) in [5.41, 5.74) is 0. The van der Waals surface area contributed by atoms with Gasteiger partial charge in [0.1, 0.15) is 0 Å². The Balaban J connectivity index is 2.41. The minimum Gasteiger partial charge on any atom is -0.479 e. The van der Waals surface area contributed by atoms with Crippen molar-refractivity contribution in [1.82, 2.24) is 0 Å². The van der Waals surface area contributed by atoms with E-state index in [-0.39, 0.29) is 0 Å². The summed E-state index contributed by atoms with van der Waals surface area (Å²) in [6.07, 6.45) is 3.97. The second kappa shape index (κ2) is 4.98. The third kappa shape index (κ3) is 3.36. The molecule has 1 rings (SSSR count). The van der Waals surface area contributed by atoms with Gasteiger partial charge in [-0.15, -0.1) is 0 Å². The molecular weight excluding hydrogens is 184 g/mol. The van der Waals surface area contributed by atoms with Gasteiger partial charge >= 0.3 is 11.9 Å². The van der Waals surface area contributed by atoms with Crippen LogP contribution in [0.5, 0.6) is 0 Å². The molecule has 4 heteroatoms. The summed E-state index contributed by atoms with van der Waals surface area (Å²) >= 11 is 0. The summed E-state index contributed by atoms with van der Waals surface area (Å²) in [5, 5.41) is 8.81. The van der Waals surface area contributed by atoms with E-state index in [2.05, 4.69) is 0 Å². The number of carbonyl (C=O) groups excluding carboxylic acids is 1. The number of carboxylic acids is 1. The highest BCUT2D eigenvalue weighted by Crippen LogP contribution is 2.29. The van der Waals surface area contributed by atoms with Gasteiger partial charge in [-0.3, -0.25) is 4.79 Å². The lowest BCUT2D eigenvalue weighted by Crippen LogP contribution is -2.28. The zero-order chi connectivity index (χ0) is 10.6. The first-order chi connectivity index (χ1) is 6.59. The summed E-state index contributed by atoms with van der Waals surface area (Å²) in [4.78, 5) is 21.4. The average molecular weight is 200 g/mol. The lowest BCUT2D eigenvalue weighted by atomic mass is 10.00. The summed E-state index contributed by atoms with van der Waals surface area (Å²) in [7, 11) is 0. The van der Waals surface area contributed by atoms with Crippen molar-refractivity contribution in [1.29, 1.82) is 0 Å². The zero-order valence-corrected chi connectivity index (χ0v) is 8.36. The van der Waals surface area contributed by atoms with Crippen molar-refractivity contribution in [2.75, 3.05) is 0 Å². The zero-order valence-electron chi connectivity index (χ0n) is 8.36. The van der Waals surface area contributed by atoms with Crippen LogP contribution in [0, 0.1) is 5.92 Å². The molecule has 0 aromatic carbocycles. The Bertz CT molecular complexity index is 218. The maximum Gasteiger partial charge on any atom is 0.345 e. The Labute approximate surface area is 83.2 Å². The van der Waals surface area contributed by atoms with Crippen molar-refractivity contribution in [3.8, 4) is 0 Å². The third-order valence-corrected chi connectivity index (χ3v) is 2.61. The van der Waals surface area contributed by atoms with E-state index in [1.54, 1.807) is 0 Å². The number of hydrogen-bond acceptors (Lipinski definition) is 3. The lowest BCUT2D eigenvalue weighted by Gasteiger charge is -2.16. The van der Waals surface area contributed by atoms with E-state index in [1.807, 2.05) is 0 Å². The highest BCUT2D eigenvalue weighted by molar-refractivity contribution is 5.76. The van der Waals surface area contributed by atoms with Gasteiger partial charge in [-0.25, -0.2) is 4.79 Å². The molecule has 1 aliphatic rings. The van der Waals surface area contributed by atoms with Crippen LogP contribution in [0.2, 0.25) is 0 Å². The van der Waals surface area contributed by atoms with E-state index in [4.69, 9.17) is 9.84 Å². The number of ether oxygens (including phenoxy) is 1. The van der Waals surface area contributed by atoms with Crippen LogP contribution in [-0.4, -0.2) is 23.1 Å². The first-order valence-electron chi connectivity index (χ1n) is 4.99. The first kappa shape index (κ1) is 11.0. The van der Waals surface area contributed by atoms with Gasteiger partial charge in [-0.05, 0) is 12.3 Å². The smallest absolute Gasteiger partial charge is 0.345 e. The normalized spacial score (nSPS) is 19.2. The molecule has 0 amide bonds. The van der Waals surface area contributed by atoms with Crippen molar-refractivity contribution in [2.45, 2.75) is 45.1 Å². The molecule has 1 aliphatic carbocycles. The Morgan fingerprint density at radius 2 is 2.00 bits per heavy atom. The molecular formula is C10H16O4. The Morgan fingerprint density at radius 1 is 1.43 bits per heavy atom. The van der Waals surface area contributed by atoms with Gasteiger partial charge in [0.15, 0.2) is 6.10 Å². The van der Waals surface area contributed by atoms with E-state index in [0.717, 1.165) is 25.7 Å². The second-order valence-corrected chi connectivity index (χ2v) is 3.82. The molecule has 1 saturated carbocycles. The van der Waals surface area contributed by atoms with E-state index < -0.39 is 18.0 Å². The molecule has 0 bridgehead atoms. The first-order valence-corrected chi connectivity index (χ1v) is 4.99. The maximum atomic E-state index is 10.7. The number of carbonyl (C=O) groups is 2. The molecule has 1 N–H and O–H groups in total. The third-order valence-electron chi connectivity index (χ3n) is 2.61. The van der Waals surface area contributed by atoms with Gasteiger partial charge in [0.05, 0.1) is 0 Å². The molecule has 1 unspecified atom stereocenters. The second-order valence-electron chi connectivity index (χ2n) is 3.82. The average Bonchev–Trinajstić information content (AvgIpc) is 2.54. The fourth-order valence-corrected chi connectivity index (χ4v) is 1.95. The largest absolute Gasteiger partial charge is 0.479 e. The molecule has 0 heterocycles. The minimum atomic E-state index is -1.04. The Hall–Kier alpha value is -1.06. The molecule has 0 aromatic rings. The van der Waals surface area contributed by atoms with Crippen molar-refractivity contribution in [3.05, 3.63) is 0 Å². The van der Waals surface area contributed by atoms with Gasteiger partial charge in [-0.2, -0.15) is 0 Å². The number of carboxylic acid groups (broad SMARTS) is 1. The topological polar surface area (TPSA) is 63.6 Å². The van der Waals surface area contributed by atoms with Gasteiger partial charge < -0.3 is 9.84 Å². The van der Waals surface area contributed by atoms with Crippen LogP contribution in [0.4, 0.5) is 0 Å². The van der Waals surface area contributed by atoms with Crippen LogP contribution in [0.3, 0.4) is 0 Å². The molecule has 1 fully saturated rings. The van der Waals surface area contributed by atoms with Gasteiger partial charge in [0.25, 0.3) is 0 Å². The molecule has 14 heavy (non-hydrogen) atoms. The van der Waals surface area contributed by atoms with Crippen LogP contribution >= 0.6 is 0 Å². The lowest BCUT2D eigenvalue weighted by molar-refractivity contribution is -0.163. The molecule has 0 spiro atoms. The van der Waals surface area contributed by atoms with E-state index in [1.165, 1.54) is 6.92 Å². The fourth-order valence-electron chi connectivity index (χ4n) is 1.95. The van der Waals surface area contributed by atoms with Gasteiger partial charge in [0, 0.05) is 6.92 Å². The maximum absolute atomic E-state index is 10.7. The highest BCUT2D eigenvalue weighted by Gasteiger charge is 2.26. The van der Waals surface area contributed by atoms with Crippen molar-refractivity contribution < 1.29 is 19.4 Å². The summed E-state index contributed by atoms with van der Waals surface area (Å²) in [5.74, 6) is -1.14. The van der Waals surface area contributed by atoms with Gasteiger partial charge in [0.2, 0.25) is 0 Å². The summed E-state index contributed by atoms with van der Waals surface area (Å²) in [6.45, 7) is 1.24. The van der Waals surface area contributed by atoms with Gasteiger partial charge in [-0.1, -0.05) is 25.7 Å². The van der Waals surface area contributed by atoms with Crippen LogP contribution < -0.4 is 0 Å². The SMILES string of the molecule is CC(=O)OC(CC1CCCC1)C(=O)O. The number of aliphatic carboxylic acids is 1. The van der Waals surface area contributed by atoms with E-state index in [9.17, 15) is 9.59 Å². The predicted octanol–water partition coefficient (Wildman–Crippen LogP) is 1.58. The fraction of sp³-hybridized carbons (Fsp3) is 0.800. The summed E-state index contributed by atoms with van der Waals surface area (Å²) < 4.78 is 4.74. The monoisotopic (exact) mass is 200 g/mol. The Kier molecular flexibility index (Phi) is 3.92. The quantitative estimate of drug-likeness (QED) is 0.700. The van der Waals surface area contributed by atoms with Crippen LogP contribution in [-0.2, 0) is 14.3 Å². The minimum absolute atomic E-state index is 0.412. The molecule has 0 radical (unpaired) electrons. The van der Waals surface area contributed by atoms with E-state index in [0.29, 0.717) is 12.3 Å². The number of rotatable bonds is 4. The summed E-state index contributed by atoms with van der Waals surface area (Å²) in [6, 6.07) is 0. The van der Waals surface area contributed by atoms with E-state index >= 15 is 0 Å². The van der Waals surface area contributed by atoms with Crippen LogP contribution in [0.1, 0.15) is 39.0 Å². The Morgan fingerprint density at radius 3 is 2.43 bits per heavy atom. The predicted molar refractivity (Wildman–Crippen MR) is 49.8 cm³/mol. The van der Waals surface area contributed by atoms with Crippen molar-refractivity contribution in [2.24, 2.45) is 5.92 Å². The molecule has 0 saturated heterocycles. The molecule has 0 aliphatic heterocycles. The van der Waals surface area contributed by atoms with Crippen LogP contribution in [0.25, 0.3) is 0 Å². The molecule has 0 aromatic heterocycles.